The lowest BCUT2D eigenvalue weighted by Crippen LogP contribution is -2.54. The van der Waals surface area contributed by atoms with Gasteiger partial charge in [-0.15, -0.1) is 0 Å². The van der Waals surface area contributed by atoms with Gasteiger partial charge in [0.25, 0.3) is 0 Å². The third-order valence-corrected chi connectivity index (χ3v) is 4.49. The van der Waals surface area contributed by atoms with Crippen LogP contribution in [0.15, 0.2) is 0 Å². The summed E-state index contributed by atoms with van der Waals surface area (Å²) in [7, 11) is 0. The fourth-order valence-corrected chi connectivity index (χ4v) is 3.68. The van der Waals surface area contributed by atoms with Crippen LogP contribution in [0.4, 0.5) is 0 Å². The van der Waals surface area contributed by atoms with E-state index in [9.17, 15) is 9.59 Å². The first-order valence-corrected chi connectivity index (χ1v) is 6.34. The molecule has 0 radical (unpaired) electrons. The number of rotatable bonds is 2. The molecule has 4 rings (SSSR count). The number of Topliss-reactive ketones (excluding diaryl/α,β-unsaturated/α-hetero) is 1. The lowest BCUT2D eigenvalue weighted by Gasteiger charge is -2.41. The number of ketones is 1. The summed E-state index contributed by atoms with van der Waals surface area (Å²) in [6.45, 7) is 0. The molecule has 6 atom stereocenters. The summed E-state index contributed by atoms with van der Waals surface area (Å²) in [6.07, 6.45) is 0.516. The molecule has 1 saturated carbocycles. The number of epoxide rings is 1. The second kappa shape index (κ2) is 3.31. The SMILES string of the molecule is O=C(O)CC1CCC2O[C@@H]3CC2(O1)[C@H]1O[C@H]1C3=O. The van der Waals surface area contributed by atoms with Gasteiger partial charge in [-0.25, -0.2) is 0 Å². The van der Waals surface area contributed by atoms with Crippen molar-refractivity contribution in [3.05, 3.63) is 0 Å². The largest absolute Gasteiger partial charge is 0.481 e. The van der Waals surface area contributed by atoms with Crippen LogP contribution < -0.4 is 0 Å². The van der Waals surface area contributed by atoms with Crippen LogP contribution in [-0.2, 0) is 23.8 Å². The summed E-state index contributed by atoms with van der Waals surface area (Å²) >= 11 is 0. The number of aliphatic carboxylic acids is 1. The van der Waals surface area contributed by atoms with E-state index in [0.29, 0.717) is 12.8 Å². The highest BCUT2D eigenvalue weighted by Crippen LogP contribution is 2.55. The van der Waals surface area contributed by atoms with Crippen molar-refractivity contribution in [3.63, 3.8) is 0 Å². The van der Waals surface area contributed by atoms with E-state index in [-0.39, 0.29) is 36.6 Å². The zero-order valence-electron chi connectivity index (χ0n) is 9.70. The van der Waals surface area contributed by atoms with Crippen molar-refractivity contribution in [1.82, 2.24) is 0 Å². The molecule has 4 aliphatic rings. The Bertz CT molecular complexity index is 434. The molecule has 1 N–H and O–H groups in total. The van der Waals surface area contributed by atoms with Gasteiger partial charge in [-0.2, -0.15) is 0 Å². The maximum Gasteiger partial charge on any atom is 0.305 e. The molecule has 6 nitrogen and oxygen atoms in total. The van der Waals surface area contributed by atoms with E-state index in [1.165, 1.54) is 0 Å². The van der Waals surface area contributed by atoms with Crippen LogP contribution in [0.3, 0.4) is 0 Å². The standard InChI is InChI=1S/C12H14O6/c13-8(14)3-5-1-2-7-12(18-5)4-6(16-7)9(15)10-11(12)17-10/h5-7,10-11H,1-4H2,(H,13,14)/t5?,6-,7?,10+,11+,12?/m1/s1. The summed E-state index contributed by atoms with van der Waals surface area (Å²) in [5, 5.41) is 8.85. The van der Waals surface area contributed by atoms with Gasteiger partial charge in [0.1, 0.15) is 23.9 Å². The van der Waals surface area contributed by atoms with Gasteiger partial charge < -0.3 is 19.3 Å². The van der Waals surface area contributed by atoms with Gasteiger partial charge in [-0.1, -0.05) is 0 Å². The maximum absolute atomic E-state index is 11.8. The summed E-state index contributed by atoms with van der Waals surface area (Å²) in [4.78, 5) is 22.6. The normalized spacial score (nSPS) is 52.7. The molecule has 0 amide bonds. The van der Waals surface area contributed by atoms with Crippen LogP contribution in [0.5, 0.6) is 0 Å². The summed E-state index contributed by atoms with van der Waals surface area (Å²) in [6, 6.07) is 0. The number of carbonyl (C=O) groups is 2. The Morgan fingerprint density at radius 2 is 2.22 bits per heavy atom. The van der Waals surface area contributed by atoms with Crippen LogP contribution in [0.1, 0.15) is 25.7 Å². The fraction of sp³-hybridized carbons (Fsp3) is 0.833. The van der Waals surface area contributed by atoms with Crippen molar-refractivity contribution in [2.45, 2.75) is 61.8 Å². The summed E-state index contributed by atoms with van der Waals surface area (Å²) in [5.41, 5.74) is -0.568. The zero-order chi connectivity index (χ0) is 12.5. The summed E-state index contributed by atoms with van der Waals surface area (Å²) in [5.74, 6) is -0.830. The van der Waals surface area contributed by atoms with Gasteiger partial charge >= 0.3 is 5.97 Å². The number of carboxylic acids is 1. The number of carbonyl (C=O) groups excluding carboxylic acids is 1. The van der Waals surface area contributed by atoms with Crippen molar-refractivity contribution >= 4 is 11.8 Å². The van der Waals surface area contributed by atoms with Gasteiger partial charge in [-0.05, 0) is 12.8 Å². The molecule has 3 saturated heterocycles. The van der Waals surface area contributed by atoms with Crippen molar-refractivity contribution < 1.29 is 28.9 Å². The molecule has 1 spiro atoms. The molecule has 6 heteroatoms. The fourth-order valence-electron chi connectivity index (χ4n) is 3.68. The first kappa shape index (κ1) is 10.9. The van der Waals surface area contributed by atoms with Crippen molar-refractivity contribution in [3.8, 4) is 0 Å². The molecule has 1 aliphatic carbocycles. The van der Waals surface area contributed by atoms with Gasteiger partial charge in [0.2, 0.25) is 0 Å². The minimum atomic E-state index is -0.856. The Morgan fingerprint density at radius 3 is 3.00 bits per heavy atom. The van der Waals surface area contributed by atoms with Gasteiger partial charge in [0.15, 0.2) is 5.78 Å². The third kappa shape index (κ3) is 1.28. The molecule has 18 heavy (non-hydrogen) atoms. The van der Waals surface area contributed by atoms with Crippen molar-refractivity contribution in [1.29, 1.82) is 0 Å². The number of hydrogen-bond donors (Lipinski definition) is 1. The molecule has 98 valence electrons. The van der Waals surface area contributed by atoms with E-state index in [4.69, 9.17) is 19.3 Å². The second-order valence-corrected chi connectivity index (χ2v) is 5.57. The Morgan fingerprint density at radius 1 is 1.39 bits per heavy atom. The summed E-state index contributed by atoms with van der Waals surface area (Å²) < 4.78 is 17.2. The lowest BCUT2D eigenvalue weighted by molar-refractivity contribution is -0.181. The first-order valence-electron chi connectivity index (χ1n) is 6.34. The zero-order valence-corrected chi connectivity index (χ0v) is 9.70. The van der Waals surface area contributed by atoms with E-state index >= 15 is 0 Å². The molecule has 0 aromatic heterocycles. The predicted molar refractivity (Wildman–Crippen MR) is 56.0 cm³/mol. The Balaban J connectivity index is 1.61. The Labute approximate surface area is 103 Å². The number of carboxylic acid groups (broad SMARTS) is 1. The molecule has 4 fully saturated rings. The van der Waals surface area contributed by atoms with E-state index in [1.54, 1.807) is 0 Å². The van der Waals surface area contributed by atoms with Crippen LogP contribution in [-0.4, -0.2) is 53.0 Å². The van der Waals surface area contributed by atoms with E-state index in [1.807, 2.05) is 0 Å². The lowest BCUT2D eigenvalue weighted by atomic mass is 9.78. The molecule has 3 unspecified atom stereocenters. The molecule has 2 bridgehead atoms. The quantitative estimate of drug-likeness (QED) is 0.692. The Hall–Kier alpha value is -0.980. The molecular formula is C12H14O6. The third-order valence-electron chi connectivity index (χ3n) is 4.49. The van der Waals surface area contributed by atoms with Gasteiger partial charge in [0, 0.05) is 6.42 Å². The van der Waals surface area contributed by atoms with Crippen LogP contribution in [0, 0.1) is 0 Å². The smallest absolute Gasteiger partial charge is 0.305 e. The molecule has 3 aliphatic heterocycles. The van der Waals surface area contributed by atoms with Crippen LogP contribution in [0.25, 0.3) is 0 Å². The minimum Gasteiger partial charge on any atom is -0.481 e. The first-order chi connectivity index (χ1) is 8.60. The van der Waals surface area contributed by atoms with Gasteiger partial charge in [-0.3, -0.25) is 9.59 Å². The predicted octanol–water partition coefficient (Wildman–Crippen LogP) is -0.113. The number of fused-ring (bicyclic) bond motifs is 2. The topological polar surface area (TPSA) is 85.4 Å². The maximum atomic E-state index is 11.8. The number of hydrogen-bond acceptors (Lipinski definition) is 5. The van der Waals surface area contributed by atoms with E-state index in [2.05, 4.69) is 0 Å². The van der Waals surface area contributed by atoms with Crippen LogP contribution in [0.2, 0.25) is 0 Å². The van der Waals surface area contributed by atoms with E-state index < -0.39 is 17.7 Å². The van der Waals surface area contributed by atoms with Crippen molar-refractivity contribution in [2.75, 3.05) is 0 Å². The molecule has 0 aromatic rings. The van der Waals surface area contributed by atoms with Crippen molar-refractivity contribution in [2.24, 2.45) is 0 Å². The molecular weight excluding hydrogens is 240 g/mol. The highest BCUT2D eigenvalue weighted by Gasteiger charge is 2.73. The second-order valence-electron chi connectivity index (χ2n) is 5.57. The Kier molecular flexibility index (Phi) is 2.01. The molecule has 3 heterocycles. The van der Waals surface area contributed by atoms with Crippen LogP contribution >= 0.6 is 0 Å². The average molecular weight is 254 g/mol. The van der Waals surface area contributed by atoms with E-state index in [0.717, 1.165) is 6.42 Å². The van der Waals surface area contributed by atoms with Gasteiger partial charge in [0.05, 0.1) is 18.6 Å². The minimum absolute atomic E-state index is 0.00443. The molecule has 0 aromatic carbocycles. The number of ether oxygens (including phenoxy) is 3. The highest BCUT2D eigenvalue weighted by molar-refractivity contribution is 5.92. The monoisotopic (exact) mass is 254 g/mol. The average Bonchev–Trinajstić information content (AvgIpc) is 3.03. The highest BCUT2D eigenvalue weighted by atomic mass is 16.7.